The fourth-order valence-corrected chi connectivity index (χ4v) is 22.0. The van der Waals surface area contributed by atoms with E-state index in [0.29, 0.717) is 40.9 Å². The molecule has 0 radical (unpaired) electrons. The normalized spacial score (nSPS) is 26.8. The molecule has 87 heavy (non-hydrogen) atoms. The predicted octanol–water partition coefficient (Wildman–Crippen LogP) is 17.4. The zero-order valence-corrected chi connectivity index (χ0v) is 50.8. The molecule has 2 saturated carbocycles. The van der Waals surface area contributed by atoms with Crippen LogP contribution in [0.15, 0.2) is 277 Å². The van der Waals surface area contributed by atoms with Crippen molar-refractivity contribution in [3.63, 3.8) is 0 Å². The molecule has 0 amide bonds. The zero-order chi connectivity index (χ0) is 57.1. The van der Waals surface area contributed by atoms with Crippen LogP contribution in [0.4, 0.5) is 28.4 Å². The maximum Gasteiger partial charge on any atom is 0.221 e. The molecular weight excluding hydrogens is 1090 g/mol. The molecule has 5 nitrogen and oxygen atoms in total. The Morgan fingerprint density at radius 1 is 0.517 bits per heavy atom. The summed E-state index contributed by atoms with van der Waals surface area (Å²) in [7, 11) is 0. The number of allylic oxidation sites excluding steroid dienone is 5. The Morgan fingerprint density at radius 3 is 1.97 bits per heavy atom. The second-order valence-electron chi connectivity index (χ2n) is 26.1. The van der Waals surface area contributed by atoms with Crippen LogP contribution in [-0.2, 0) is 0 Å². The zero-order valence-electron chi connectivity index (χ0n) is 49.2. The molecule has 0 N–H and O–H groups in total. The number of hydrogen-bond acceptors (Lipinski definition) is 6. The summed E-state index contributed by atoms with van der Waals surface area (Å²) in [5.74, 6) is 1.10. The van der Waals surface area contributed by atoms with Crippen LogP contribution in [0, 0.1) is 0 Å². The third kappa shape index (κ3) is 8.52. The molecule has 9 aromatic rings. The van der Waals surface area contributed by atoms with Crippen molar-refractivity contribution in [2.75, 3.05) is 19.6 Å². The highest BCUT2D eigenvalue weighted by Crippen LogP contribution is 2.63. The number of para-hydroxylation sites is 7. The molecule has 10 atom stereocenters. The van der Waals surface area contributed by atoms with Crippen molar-refractivity contribution in [3.05, 3.63) is 272 Å². The van der Waals surface area contributed by atoms with E-state index in [-0.39, 0.29) is 35.9 Å². The van der Waals surface area contributed by atoms with Crippen molar-refractivity contribution in [1.29, 1.82) is 0 Å². The third-order valence-electron chi connectivity index (χ3n) is 21.8. The van der Waals surface area contributed by atoms with Gasteiger partial charge in [-0.3, -0.25) is 0 Å². The van der Waals surface area contributed by atoms with Crippen molar-refractivity contribution >= 4 is 98.1 Å². The van der Waals surface area contributed by atoms with E-state index in [1.165, 1.54) is 110 Å². The lowest BCUT2D eigenvalue weighted by Crippen LogP contribution is -2.69. The summed E-state index contributed by atoms with van der Waals surface area (Å²) >= 11 is 4.48. The number of benzene rings is 8. The first-order valence-electron chi connectivity index (χ1n) is 32.6. The second-order valence-corrected chi connectivity index (χ2v) is 28.8. The Morgan fingerprint density at radius 2 is 1.18 bits per heavy atom. The van der Waals surface area contributed by atoms with E-state index in [0.717, 1.165) is 25.7 Å². The highest BCUT2D eigenvalue weighted by Gasteiger charge is 2.62. The van der Waals surface area contributed by atoms with Gasteiger partial charge in [-0.05, 0) is 135 Å². The summed E-state index contributed by atoms with van der Waals surface area (Å²) in [5.41, 5.74) is 18.0. The first kappa shape index (κ1) is 52.4. The Balaban J connectivity index is 0.882. The summed E-state index contributed by atoms with van der Waals surface area (Å²) in [6.45, 7) is 0.590. The van der Waals surface area contributed by atoms with E-state index in [4.69, 9.17) is 0 Å². The van der Waals surface area contributed by atoms with Gasteiger partial charge in [-0.15, -0.1) is 11.8 Å². The highest BCUT2D eigenvalue weighted by atomic mass is 32.2. The minimum Gasteiger partial charge on any atom is -0.365 e. The fraction of sp³-hybridized carbons (Fsp3) is 0.256. The third-order valence-corrected chi connectivity index (χ3v) is 24.7. The standard InChI is InChI=1S/C78H71B2N5S2/c1-7-26-52(27-8-1)81(53-28-9-2-10-29-53)58-46-70-76-71(47-58)85(68-44-25-39-61-60-38-19-22-42-66(60)84(78(61)68)57-36-17-6-18-37-57)69-51-73-65(50-64(69)79(76)62-40-20-23-43-67(62)83(70)56-34-15-5-16-35-56)80-63-41-21-24-45-72(63)86-74-48-59(49-75(87-73)77(74)80)82(54-30-11-3-12-31-54)55-32-13-4-14-33-55/h1,3-8,11-27,30-32,34-45,48,50-51,53,55,58,65,70-71,73-77H,2,9-10,28-29,33,46-47,49H2. The number of rotatable bonds is 9. The maximum atomic E-state index is 3.02. The van der Waals surface area contributed by atoms with E-state index in [9.17, 15) is 0 Å². The van der Waals surface area contributed by atoms with Crippen LogP contribution in [0.5, 0.6) is 0 Å². The maximum absolute atomic E-state index is 3.02. The van der Waals surface area contributed by atoms with Gasteiger partial charge in [0, 0.05) is 95.4 Å². The minimum atomic E-state index is 0.166. The molecule has 18 rings (SSSR count). The molecule has 10 unspecified atom stereocenters. The van der Waals surface area contributed by atoms with Crippen molar-refractivity contribution in [2.24, 2.45) is 0 Å². The molecular formula is C78H71B2N5S2. The molecule has 4 fully saturated rings. The van der Waals surface area contributed by atoms with Gasteiger partial charge in [0.05, 0.1) is 22.8 Å². The molecule has 5 heterocycles. The number of nitrogens with zero attached hydrogens (tertiary/aromatic N) is 5. The van der Waals surface area contributed by atoms with Gasteiger partial charge in [-0.1, -0.05) is 212 Å². The summed E-state index contributed by atoms with van der Waals surface area (Å²) in [6.07, 6.45) is 28.5. The lowest BCUT2D eigenvalue weighted by atomic mass is 9.23. The van der Waals surface area contributed by atoms with Gasteiger partial charge in [0.1, 0.15) is 0 Å². The SMILES string of the molecule is C1=CCC(N(C2=CC3Sc4ccccc4B4C5C=C6B7c8ccccc8N(c8ccccc8)C8CC(N(c9ccccc9)C9CCCCC9)CC(C78)N(c7cccc8c9ccccc9n(-c9ccccc9)c78)C6=CC5SC(C2)C43)c2ccccc2)C=C1. The minimum absolute atomic E-state index is 0.166. The number of aromatic nitrogens is 1. The number of thioether (sulfide) groups is 2. The molecule has 5 aliphatic carbocycles. The lowest BCUT2D eigenvalue weighted by molar-refractivity contribution is 0.289. The topological polar surface area (TPSA) is 17.9 Å². The van der Waals surface area contributed by atoms with Gasteiger partial charge >= 0.3 is 0 Å². The van der Waals surface area contributed by atoms with E-state index < -0.39 is 0 Å². The number of hydrogen-bond donors (Lipinski definition) is 0. The Labute approximate surface area is 522 Å². The molecule has 8 aromatic carbocycles. The molecule has 0 bridgehead atoms. The average Bonchev–Trinajstić information content (AvgIpc) is 1.16. The largest absolute Gasteiger partial charge is 0.365 e. The molecule has 426 valence electrons. The van der Waals surface area contributed by atoms with E-state index in [2.05, 4.69) is 303 Å². The summed E-state index contributed by atoms with van der Waals surface area (Å²) in [5, 5.41) is 3.69. The molecule has 4 aliphatic heterocycles. The monoisotopic (exact) mass is 1160 g/mol. The van der Waals surface area contributed by atoms with Gasteiger partial charge in [0.25, 0.3) is 0 Å². The summed E-state index contributed by atoms with van der Waals surface area (Å²) in [4.78, 5) is 13.1. The van der Waals surface area contributed by atoms with Crippen LogP contribution >= 0.6 is 23.5 Å². The van der Waals surface area contributed by atoms with Gasteiger partial charge in [-0.2, -0.15) is 11.8 Å². The van der Waals surface area contributed by atoms with E-state index in [1.807, 2.05) is 0 Å². The number of anilines is 5. The van der Waals surface area contributed by atoms with Gasteiger partial charge in [0.15, 0.2) is 6.71 Å². The first-order chi connectivity index (χ1) is 43.2. The average molecular weight is 1160 g/mol. The predicted molar refractivity (Wildman–Crippen MR) is 372 cm³/mol. The van der Waals surface area contributed by atoms with Crippen molar-refractivity contribution in [1.82, 2.24) is 4.57 Å². The quantitative estimate of drug-likeness (QED) is 0.133. The van der Waals surface area contributed by atoms with Crippen LogP contribution in [0.2, 0.25) is 17.5 Å². The second kappa shape index (κ2) is 21.6. The lowest BCUT2D eigenvalue weighted by Gasteiger charge is -2.62. The molecule has 0 spiro atoms. The molecule has 1 aromatic heterocycles. The van der Waals surface area contributed by atoms with Crippen molar-refractivity contribution in [3.8, 4) is 5.69 Å². The van der Waals surface area contributed by atoms with Gasteiger partial charge < -0.3 is 24.2 Å². The van der Waals surface area contributed by atoms with Crippen LogP contribution in [0.1, 0.15) is 57.8 Å². The fourth-order valence-electron chi connectivity index (χ4n) is 18.6. The van der Waals surface area contributed by atoms with Crippen LogP contribution in [0.3, 0.4) is 0 Å². The first-order valence-corrected chi connectivity index (χ1v) is 34.4. The number of fused-ring (bicyclic) bond motifs is 11. The highest BCUT2D eigenvalue weighted by molar-refractivity contribution is 8.02. The summed E-state index contributed by atoms with van der Waals surface area (Å²) in [6, 6.07) is 83.1. The van der Waals surface area contributed by atoms with Gasteiger partial charge in [-0.25, -0.2) is 0 Å². The Bertz CT molecular complexity index is 4250. The van der Waals surface area contributed by atoms with Crippen LogP contribution < -0.4 is 30.5 Å². The molecule has 9 aliphatic rings. The van der Waals surface area contributed by atoms with Crippen molar-refractivity contribution in [2.45, 2.75) is 126 Å². The van der Waals surface area contributed by atoms with Crippen molar-refractivity contribution < 1.29 is 0 Å². The molecule has 2 saturated heterocycles. The van der Waals surface area contributed by atoms with E-state index >= 15 is 0 Å². The Kier molecular flexibility index (Phi) is 13.0. The summed E-state index contributed by atoms with van der Waals surface area (Å²) < 4.78 is 2.62. The van der Waals surface area contributed by atoms with Crippen LogP contribution in [-0.4, -0.2) is 64.0 Å². The van der Waals surface area contributed by atoms with Crippen LogP contribution in [0.25, 0.3) is 27.5 Å². The Hall–Kier alpha value is -7.71. The van der Waals surface area contributed by atoms with Gasteiger partial charge in [0.2, 0.25) is 6.71 Å². The molecule has 9 heteroatoms. The smallest absolute Gasteiger partial charge is 0.221 e. The van der Waals surface area contributed by atoms with E-state index in [1.54, 1.807) is 10.9 Å².